The molecule has 0 aliphatic heterocycles. The van der Waals surface area contributed by atoms with E-state index in [9.17, 15) is 4.79 Å². The van der Waals surface area contributed by atoms with Gasteiger partial charge in [-0.2, -0.15) is 5.10 Å². The van der Waals surface area contributed by atoms with Crippen LogP contribution >= 0.6 is 22.9 Å². The second-order valence-electron chi connectivity index (χ2n) is 6.79. The predicted molar refractivity (Wildman–Crippen MR) is 122 cm³/mol. The fourth-order valence-corrected chi connectivity index (χ4v) is 5.05. The number of fused-ring (bicyclic) bond motifs is 4. The number of hydrogen-bond donors (Lipinski definition) is 1. The molecule has 0 fully saturated rings. The van der Waals surface area contributed by atoms with Crippen molar-refractivity contribution in [3.8, 4) is 0 Å². The number of para-hydroxylation sites is 1. The molecule has 0 atom stereocenters. The van der Waals surface area contributed by atoms with Gasteiger partial charge in [-0.15, -0.1) is 11.3 Å². The lowest BCUT2D eigenvalue weighted by molar-refractivity contribution is 0.0959. The molecule has 0 saturated heterocycles. The molecule has 0 saturated carbocycles. The Balaban J connectivity index is 1.42. The van der Waals surface area contributed by atoms with E-state index in [4.69, 9.17) is 11.6 Å². The van der Waals surface area contributed by atoms with Gasteiger partial charge in [0.15, 0.2) is 0 Å². The van der Waals surface area contributed by atoms with Gasteiger partial charge in [-0.1, -0.05) is 54.1 Å². The number of rotatable bonds is 3. The quantitative estimate of drug-likeness (QED) is 0.285. The molecule has 1 amide bonds. The molecule has 2 heterocycles. The van der Waals surface area contributed by atoms with E-state index in [0.717, 1.165) is 26.6 Å². The van der Waals surface area contributed by atoms with E-state index >= 15 is 0 Å². The number of nitrogens with zero attached hydrogens (tertiary/aromatic N) is 2. The Labute approximate surface area is 176 Å². The van der Waals surface area contributed by atoms with Crippen LogP contribution in [0, 0.1) is 0 Å². The van der Waals surface area contributed by atoms with Crippen LogP contribution < -0.4 is 5.43 Å². The average Bonchev–Trinajstić information content (AvgIpc) is 3.23. The molecule has 1 N–H and O–H groups in total. The van der Waals surface area contributed by atoms with Gasteiger partial charge in [-0.05, 0) is 29.8 Å². The summed E-state index contributed by atoms with van der Waals surface area (Å²) < 4.78 is 3.16. The first-order chi connectivity index (χ1) is 14.1. The molecule has 2 aromatic heterocycles. The number of benzene rings is 3. The molecule has 0 unspecified atom stereocenters. The Bertz CT molecular complexity index is 1430. The van der Waals surface area contributed by atoms with Crippen LogP contribution in [0.4, 0.5) is 0 Å². The van der Waals surface area contributed by atoms with Crippen LogP contribution in [-0.4, -0.2) is 16.7 Å². The molecule has 0 radical (unpaired) electrons. The number of nitrogens with one attached hydrogen (secondary N) is 1. The highest BCUT2D eigenvalue weighted by molar-refractivity contribution is 7.21. The molecule has 0 aliphatic carbocycles. The Hall–Kier alpha value is -3.15. The smallest absolute Gasteiger partial charge is 0.283 e. The summed E-state index contributed by atoms with van der Waals surface area (Å²) in [6.07, 6.45) is 1.65. The SMILES string of the molecule is Cn1c2ccccc2c2cc(C=NNC(=O)c3sc4ccccc4c3Cl)ccc21. The number of carbonyl (C=O) groups excluding carboxylic acids is 1. The summed E-state index contributed by atoms with van der Waals surface area (Å²) >= 11 is 7.73. The van der Waals surface area contributed by atoms with Crippen molar-refractivity contribution >= 4 is 67.0 Å². The Kier molecular flexibility index (Phi) is 4.34. The summed E-state index contributed by atoms with van der Waals surface area (Å²) in [4.78, 5) is 13.0. The second kappa shape index (κ2) is 7.03. The van der Waals surface area contributed by atoms with Gasteiger partial charge in [0.2, 0.25) is 0 Å². The highest BCUT2D eigenvalue weighted by Gasteiger charge is 2.16. The first kappa shape index (κ1) is 17.9. The summed E-state index contributed by atoms with van der Waals surface area (Å²) in [5, 5.41) is 7.85. The summed E-state index contributed by atoms with van der Waals surface area (Å²) in [5.74, 6) is -0.307. The van der Waals surface area contributed by atoms with Gasteiger partial charge >= 0.3 is 0 Å². The standard InChI is InChI=1S/C23H16ClN3OS/c1-27-18-8-4-2-6-15(18)17-12-14(10-11-19(17)27)13-25-26-23(28)22-21(24)16-7-3-5-9-20(16)29-22/h2-13H,1H3,(H,26,28). The summed E-state index contributed by atoms with van der Waals surface area (Å²) in [7, 11) is 2.06. The lowest BCUT2D eigenvalue weighted by Gasteiger charge is -1.99. The number of amides is 1. The number of thiophene rings is 1. The highest BCUT2D eigenvalue weighted by Crippen LogP contribution is 2.35. The van der Waals surface area contributed by atoms with Crippen LogP contribution in [0.15, 0.2) is 71.8 Å². The third kappa shape index (κ3) is 2.99. The van der Waals surface area contributed by atoms with E-state index in [1.807, 2.05) is 42.5 Å². The lowest BCUT2D eigenvalue weighted by atomic mass is 10.1. The molecule has 29 heavy (non-hydrogen) atoms. The molecular formula is C23H16ClN3OS. The van der Waals surface area contributed by atoms with E-state index in [1.54, 1.807) is 6.21 Å². The molecule has 0 aliphatic rings. The predicted octanol–water partition coefficient (Wildman–Crippen LogP) is 5.96. The van der Waals surface area contributed by atoms with Gasteiger partial charge in [-0.25, -0.2) is 5.43 Å². The maximum absolute atomic E-state index is 12.5. The first-order valence-electron chi connectivity index (χ1n) is 9.11. The van der Waals surface area contributed by atoms with Crippen LogP contribution in [0.25, 0.3) is 31.9 Å². The van der Waals surface area contributed by atoms with Crippen molar-refractivity contribution in [2.24, 2.45) is 12.1 Å². The number of hydrogen-bond acceptors (Lipinski definition) is 3. The highest BCUT2D eigenvalue weighted by atomic mass is 35.5. The number of halogens is 1. The normalized spacial score (nSPS) is 11.8. The Morgan fingerprint density at radius 3 is 2.55 bits per heavy atom. The number of aromatic nitrogens is 1. The molecule has 5 aromatic rings. The summed E-state index contributed by atoms with van der Waals surface area (Å²) in [5.41, 5.74) is 5.85. The van der Waals surface area contributed by atoms with Gasteiger partial charge in [0.1, 0.15) is 4.88 Å². The molecular weight excluding hydrogens is 402 g/mol. The molecule has 4 nitrogen and oxygen atoms in total. The molecule has 3 aromatic carbocycles. The average molecular weight is 418 g/mol. The van der Waals surface area contributed by atoms with E-state index in [2.05, 4.69) is 46.4 Å². The van der Waals surface area contributed by atoms with Crippen molar-refractivity contribution in [3.05, 3.63) is 82.2 Å². The zero-order valence-corrected chi connectivity index (χ0v) is 17.1. The molecule has 142 valence electrons. The van der Waals surface area contributed by atoms with Crippen molar-refractivity contribution in [2.75, 3.05) is 0 Å². The van der Waals surface area contributed by atoms with Crippen LogP contribution in [0.1, 0.15) is 15.2 Å². The fourth-order valence-electron chi connectivity index (χ4n) is 3.64. The third-order valence-electron chi connectivity index (χ3n) is 5.06. The Morgan fingerprint density at radius 1 is 1.00 bits per heavy atom. The first-order valence-corrected chi connectivity index (χ1v) is 10.3. The third-order valence-corrected chi connectivity index (χ3v) is 6.73. The van der Waals surface area contributed by atoms with Crippen molar-refractivity contribution in [1.82, 2.24) is 9.99 Å². The van der Waals surface area contributed by atoms with E-state index in [1.165, 1.54) is 22.2 Å². The lowest BCUT2D eigenvalue weighted by Crippen LogP contribution is -2.16. The molecule has 0 spiro atoms. The van der Waals surface area contributed by atoms with Crippen LogP contribution in [0.2, 0.25) is 5.02 Å². The fraction of sp³-hybridized carbons (Fsp3) is 0.0435. The zero-order chi connectivity index (χ0) is 20.0. The van der Waals surface area contributed by atoms with Crippen molar-refractivity contribution in [2.45, 2.75) is 0 Å². The van der Waals surface area contributed by atoms with E-state index in [-0.39, 0.29) is 5.91 Å². The number of aryl methyl sites for hydroxylation is 1. The molecule has 5 rings (SSSR count). The van der Waals surface area contributed by atoms with Gasteiger partial charge in [-0.3, -0.25) is 4.79 Å². The maximum atomic E-state index is 12.5. The second-order valence-corrected chi connectivity index (χ2v) is 8.22. The molecule has 0 bridgehead atoms. The van der Waals surface area contributed by atoms with Crippen LogP contribution in [0.3, 0.4) is 0 Å². The van der Waals surface area contributed by atoms with Gasteiger partial charge in [0, 0.05) is 38.9 Å². The zero-order valence-electron chi connectivity index (χ0n) is 15.5. The molecule has 6 heteroatoms. The number of carbonyl (C=O) groups is 1. The van der Waals surface area contributed by atoms with E-state index < -0.39 is 0 Å². The van der Waals surface area contributed by atoms with E-state index in [0.29, 0.717) is 9.90 Å². The van der Waals surface area contributed by atoms with Crippen molar-refractivity contribution < 1.29 is 4.79 Å². The minimum absolute atomic E-state index is 0.307. The topological polar surface area (TPSA) is 46.4 Å². The minimum Gasteiger partial charge on any atom is -0.344 e. The maximum Gasteiger partial charge on any atom is 0.283 e. The van der Waals surface area contributed by atoms with Gasteiger partial charge < -0.3 is 4.57 Å². The monoisotopic (exact) mass is 417 g/mol. The summed E-state index contributed by atoms with van der Waals surface area (Å²) in [6, 6.07) is 22.1. The number of hydrazone groups is 1. The van der Waals surface area contributed by atoms with Crippen LogP contribution in [0.5, 0.6) is 0 Å². The van der Waals surface area contributed by atoms with Gasteiger partial charge in [0.25, 0.3) is 5.91 Å². The summed E-state index contributed by atoms with van der Waals surface area (Å²) in [6.45, 7) is 0. The Morgan fingerprint density at radius 2 is 1.72 bits per heavy atom. The van der Waals surface area contributed by atoms with Crippen LogP contribution in [-0.2, 0) is 7.05 Å². The van der Waals surface area contributed by atoms with Crippen molar-refractivity contribution in [1.29, 1.82) is 0 Å². The van der Waals surface area contributed by atoms with Crippen molar-refractivity contribution in [3.63, 3.8) is 0 Å². The largest absolute Gasteiger partial charge is 0.344 e. The minimum atomic E-state index is -0.307. The van der Waals surface area contributed by atoms with Gasteiger partial charge in [0.05, 0.1) is 11.2 Å².